The minimum atomic E-state index is -1.29. The molecule has 0 aromatic heterocycles. The number of benzene rings is 1. The first-order chi connectivity index (χ1) is 8.45. The van der Waals surface area contributed by atoms with Gasteiger partial charge < -0.3 is 27.2 Å². The van der Waals surface area contributed by atoms with Crippen LogP contribution in [0.5, 0.6) is 0 Å². The second kappa shape index (κ2) is 5.87. The summed E-state index contributed by atoms with van der Waals surface area (Å²) >= 11 is 0. The number of nitrogen functional groups attached to an aromatic ring is 1. The van der Waals surface area contributed by atoms with Crippen LogP contribution < -0.4 is 22.1 Å². The molecule has 18 heavy (non-hydrogen) atoms. The molecule has 1 aromatic rings. The molecule has 0 saturated carbocycles. The van der Waals surface area contributed by atoms with Crippen LogP contribution in [-0.4, -0.2) is 36.6 Å². The van der Waals surface area contributed by atoms with E-state index in [9.17, 15) is 14.7 Å². The van der Waals surface area contributed by atoms with E-state index >= 15 is 0 Å². The maximum absolute atomic E-state index is 11.3. The third-order valence-corrected chi connectivity index (χ3v) is 2.36. The number of carbonyl (C=O) groups excluding carboxylic acids is 2. The summed E-state index contributed by atoms with van der Waals surface area (Å²) in [6.45, 7) is -0.0428. The van der Waals surface area contributed by atoms with Crippen LogP contribution in [-0.2, 0) is 4.79 Å². The van der Waals surface area contributed by atoms with Crippen molar-refractivity contribution in [1.29, 1.82) is 0 Å². The SMILES string of the molecule is CNC(=O)c1ccc(NCC(O)C(N)=O)c(N)c1. The largest absolute Gasteiger partial charge is 0.397 e. The Bertz CT molecular complexity index is 462. The summed E-state index contributed by atoms with van der Waals surface area (Å²) in [6, 6.07) is 4.67. The average molecular weight is 252 g/mol. The number of amides is 2. The predicted octanol–water partition coefficient (Wildman–Crippen LogP) is -1.11. The van der Waals surface area contributed by atoms with E-state index < -0.39 is 12.0 Å². The first-order valence-corrected chi connectivity index (χ1v) is 5.28. The van der Waals surface area contributed by atoms with E-state index in [-0.39, 0.29) is 12.5 Å². The lowest BCUT2D eigenvalue weighted by atomic mass is 10.1. The fourth-order valence-corrected chi connectivity index (χ4v) is 1.32. The van der Waals surface area contributed by atoms with Gasteiger partial charge in [-0.25, -0.2) is 0 Å². The molecule has 1 atom stereocenters. The maximum atomic E-state index is 11.3. The smallest absolute Gasteiger partial charge is 0.251 e. The first kappa shape index (κ1) is 13.8. The molecule has 0 aliphatic carbocycles. The fraction of sp³-hybridized carbons (Fsp3) is 0.273. The number of aliphatic hydroxyl groups is 1. The third-order valence-electron chi connectivity index (χ3n) is 2.36. The molecule has 7 heteroatoms. The van der Waals surface area contributed by atoms with E-state index in [4.69, 9.17) is 11.5 Å². The predicted molar refractivity (Wildman–Crippen MR) is 67.9 cm³/mol. The van der Waals surface area contributed by atoms with E-state index in [1.54, 1.807) is 12.1 Å². The van der Waals surface area contributed by atoms with Crippen LogP contribution in [0.3, 0.4) is 0 Å². The molecule has 7 nitrogen and oxygen atoms in total. The Kier molecular flexibility index (Phi) is 4.50. The molecule has 1 aromatic carbocycles. The van der Waals surface area contributed by atoms with Crippen LogP contribution in [0.4, 0.5) is 11.4 Å². The Morgan fingerprint density at radius 3 is 2.61 bits per heavy atom. The second-order valence-corrected chi connectivity index (χ2v) is 3.68. The topological polar surface area (TPSA) is 130 Å². The van der Waals surface area contributed by atoms with Gasteiger partial charge in [0.25, 0.3) is 5.91 Å². The number of hydrogen-bond donors (Lipinski definition) is 5. The quantitative estimate of drug-likeness (QED) is 0.424. The van der Waals surface area contributed by atoms with Crippen molar-refractivity contribution in [2.75, 3.05) is 24.6 Å². The van der Waals surface area contributed by atoms with Gasteiger partial charge >= 0.3 is 0 Å². The lowest BCUT2D eigenvalue weighted by molar-refractivity contribution is -0.125. The standard InChI is InChI=1S/C11H16N4O3/c1-14-11(18)6-2-3-8(7(12)4-6)15-5-9(16)10(13)17/h2-4,9,15-16H,5,12H2,1H3,(H2,13,17)(H,14,18). The molecule has 2 amide bonds. The van der Waals surface area contributed by atoms with Crippen molar-refractivity contribution in [3.8, 4) is 0 Å². The van der Waals surface area contributed by atoms with Gasteiger partial charge in [-0.1, -0.05) is 0 Å². The van der Waals surface area contributed by atoms with Crippen molar-refractivity contribution >= 4 is 23.2 Å². The number of nitrogens with two attached hydrogens (primary N) is 2. The van der Waals surface area contributed by atoms with E-state index in [0.29, 0.717) is 16.9 Å². The lowest BCUT2D eigenvalue weighted by Gasteiger charge is -2.12. The lowest BCUT2D eigenvalue weighted by Crippen LogP contribution is -2.34. The van der Waals surface area contributed by atoms with Gasteiger partial charge in [0, 0.05) is 19.2 Å². The summed E-state index contributed by atoms with van der Waals surface area (Å²) in [6.07, 6.45) is -1.29. The van der Waals surface area contributed by atoms with Crippen molar-refractivity contribution in [2.24, 2.45) is 5.73 Å². The van der Waals surface area contributed by atoms with E-state index in [0.717, 1.165) is 0 Å². The molecule has 1 rings (SSSR count). The van der Waals surface area contributed by atoms with Crippen LogP contribution in [0.15, 0.2) is 18.2 Å². The number of aliphatic hydroxyl groups excluding tert-OH is 1. The number of nitrogens with one attached hydrogen (secondary N) is 2. The Hall–Kier alpha value is -2.28. The molecule has 7 N–H and O–H groups in total. The highest BCUT2D eigenvalue weighted by Gasteiger charge is 2.11. The number of hydrogen-bond acceptors (Lipinski definition) is 5. The monoisotopic (exact) mass is 252 g/mol. The minimum Gasteiger partial charge on any atom is -0.397 e. The molecule has 0 heterocycles. The number of primary amides is 1. The van der Waals surface area contributed by atoms with Gasteiger partial charge in [-0.15, -0.1) is 0 Å². The molecule has 0 saturated heterocycles. The van der Waals surface area contributed by atoms with Crippen LogP contribution >= 0.6 is 0 Å². The normalized spacial score (nSPS) is 11.7. The zero-order chi connectivity index (χ0) is 13.7. The second-order valence-electron chi connectivity index (χ2n) is 3.68. The van der Waals surface area contributed by atoms with Crippen molar-refractivity contribution in [2.45, 2.75) is 6.10 Å². The molecule has 0 fully saturated rings. The van der Waals surface area contributed by atoms with E-state index in [2.05, 4.69) is 10.6 Å². The van der Waals surface area contributed by atoms with Crippen molar-refractivity contribution in [3.63, 3.8) is 0 Å². The van der Waals surface area contributed by atoms with Gasteiger partial charge in [-0.3, -0.25) is 9.59 Å². The van der Waals surface area contributed by atoms with E-state index in [1.165, 1.54) is 13.1 Å². The highest BCUT2D eigenvalue weighted by atomic mass is 16.3. The van der Waals surface area contributed by atoms with Crippen LogP contribution in [0.1, 0.15) is 10.4 Å². The maximum Gasteiger partial charge on any atom is 0.251 e. The molecular formula is C11H16N4O3. The summed E-state index contributed by atoms with van der Waals surface area (Å²) in [5.41, 5.74) is 11.9. The Morgan fingerprint density at radius 2 is 2.11 bits per heavy atom. The van der Waals surface area contributed by atoms with Gasteiger partial charge in [-0.2, -0.15) is 0 Å². The molecular weight excluding hydrogens is 236 g/mol. The van der Waals surface area contributed by atoms with Gasteiger partial charge in [0.1, 0.15) is 6.10 Å². The number of rotatable bonds is 5. The van der Waals surface area contributed by atoms with Gasteiger partial charge in [0.15, 0.2) is 0 Å². The van der Waals surface area contributed by atoms with Crippen molar-refractivity contribution in [3.05, 3.63) is 23.8 Å². The molecule has 0 radical (unpaired) electrons. The molecule has 0 bridgehead atoms. The van der Waals surface area contributed by atoms with Crippen LogP contribution in [0.25, 0.3) is 0 Å². The van der Waals surface area contributed by atoms with Crippen LogP contribution in [0.2, 0.25) is 0 Å². The van der Waals surface area contributed by atoms with Crippen LogP contribution in [0, 0.1) is 0 Å². The van der Waals surface area contributed by atoms with Crippen molar-refractivity contribution < 1.29 is 14.7 Å². The minimum absolute atomic E-state index is 0.0428. The Labute approximate surface area is 104 Å². The zero-order valence-electron chi connectivity index (χ0n) is 9.93. The molecule has 98 valence electrons. The van der Waals surface area contributed by atoms with Gasteiger partial charge in [0.05, 0.1) is 11.4 Å². The summed E-state index contributed by atoms with van der Waals surface area (Å²) < 4.78 is 0. The Morgan fingerprint density at radius 1 is 1.44 bits per heavy atom. The highest BCUT2D eigenvalue weighted by molar-refractivity contribution is 5.95. The number of anilines is 2. The molecule has 0 aliphatic rings. The summed E-state index contributed by atoms with van der Waals surface area (Å²) in [4.78, 5) is 22.0. The summed E-state index contributed by atoms with van der Waals surface area (Å²) in [7, 11) is 1.52. The van der Waals surface area contributed by atoms with Crippen molar-refractivity contribution in [1.82, 2.24) is 5.32 Å². The molecule has 0 aliphatic heterocycles. The number of carbonyl (C=O) groups is 2. The molecule has 1 unspecified atom stereocenters. The molecule has 0 spiro atoms. The zero-order valence-corrected chi connectivity index (χ0v) is 9.93. The summed E-state index contributed by atoms with van der Waals surface area (Å²) in [5.74, 6) is -1.06. The van der Waals surface area contributed by atoms with Gasteiger partial charge in [-0.05, 0) is 18.2 Å². The summed E-state index contributed by atoms with van der Waals surface area (Å²) in [5, 5.41) is 14.5. The Balaban J connectivity index is 2.74. The van der Waals surface area contributed by atoms with Gasteiger partial charge in [0.2, 0.25) is 5.91 Å². The van der Waals surface area contributed by atoms with E-state index in [1.807, 2.05) is 0 Å². The third kappa shape index (κ3) is 3.36. The first-order valence-electron chi connectivity index (χ1n) is 5.28. The fourth-order valence-electron chi connectivity index (χ4n) is 1.32. The highest BCUT2D eigenvalue weighted by Crippen LogP contribution is 2.19. The average Bonchev–Trinajstić information content (AvgIpc) is 2.35.